The van der Waals surface area contributed by atoms with Crippen LogP contribution in [0.25, 0.3) is 0 Å². The fraction of sp³-hybridized carbons (Fsp3) is 0.211. The summed E-state index contributed by atoms with van der Waals surface area (Å²) in [6.45, 7) is 0. The predicted octanol–water partition coefficient (Wildman–Crippen LogP) is 5.25. The fourth-order valence-corrected chi connectivity index (χ4v) is 3.75. The van der Waals surface area contributed by atoms with E-state index >= 15 is 0 Å². The van der Waals surface area contributed by atoms with Gasteiger partial charge in [0.15, 0.2) is 0 Å². The van der Waals surface area contributed by atoms with Crippen LogP contribution in [0, 0.1) is 0 Å². The van der Waals surface area contributed by atoms with Crippen LogP contribution in [0.1, 0.15) is 17.2 Å². The van der Waals surface area contributed by atoms with Gasteiger partial charge in [0, 0.05) is 35.0 Å². The summed E-state index contributed by atoms with van der Waals surface area (Å²) in [5.74, 6) is 2.08. The molecule has 118 valence electrons. The molecular weight excluding hydrogens is 324 g/mol. The molecule has 0 saturated carbocycles. The molecule has 0 unspecified atom stereocenters. The van der Waals surface area contributed by atoms with E-state index in [-0.39, 0.29) is 0 Å². The maximum absolute atomic E-state index is 5.98. The molecule has 0 fully saturated rings. The first-order valence-electron chi connectivity index (χ1n) is 7.65. The topological polar surface area (TPSA) is 17.8 Å². The van der Waals surface area contributed by atoms with Gasteiger partial charge in [-0.25, -0.2) is 4.98 Å². The summed E-state index contributed by atoms with van der Waals surface area (Å²) >= 11 is 7.94. The summed E-state index contributed by atoms with van der Waals surface area (Å²) < 4.78 is 2.20. The molecule has 0 spiro atoms. The van der Waals surface area contributed by atoms with Gasteiger partial charge in [-0.05, 0) is 29.7 Å². The Morgan fingerprint density at radius 3 is 2.48 bits per heavy atom. The van der Waals surface area contributed by atoms with Crippen LogP contribution >= 0.6 is 23.4 Å². The number of hydrogen-bond acceptors (Lipinski definition) is 2. The molecule has 0 N–H and O–H groups in total. The summed E-state index contributed by atoms with van der Waals surface area (Å²) in [7, 11) is 0. The summed E-state index contributed by atoms with van der Waals surface area (Å²) in [6.07, 6.45) is 6.78. The van der Waals surface area contributed by atoms with E-state index < -0.39 is 0 Å². The average Bonchev–Trinajstić information content (AvgIpc) is 3.11. The van der Waals surface area contributed by atoms with Gasteiger partial charge < -0.3 is 4.57 Å². The van der Waals surface area contributed by atoms with Crippen LogP contribution in [-0.4, -0.2) is 15.3 Å². The number of hydrogen-bond donors (Lipinski definition) is 0. The minimum atomic E-state index is 0.396. The Balaban J connectivity index is 1.63. The van der Waals surface area contributed by atoms with E-state index in [9.17, 15) is 0 Å². The van der Waals surface area contributed by atoms with Crippen molar-refractivity contribution in [1.29, 1.82) is 0 Å². The normalized spacial score (nSPS) is 12.2. The number of thioether (sulfide) groups is 1. The Morgan fingerprint density at radius 1 is 1.00 bits per heavy atom. The first-order chi connectivity index (χ1) is 11.3. The molecule has 1 heterocycles. The number of imidazole rings is 1. The Bertz CT molecular complexity index is 696. The second-order valence-corrected chi connectivity index (χ2v) is 6.96. The molecule has 0 aliphatic heterocycles. The number of benzene rings is 2. The fourth-order valence-electron chi connectivity index (χ4n) is 2.52. The van der Waals surface area contributed by atoms with Crippen molar-refractivity contribution in [3.8, 4) is 0 Å². The first kappa shape index (κ1) is 16.2. The standard InChI is InChI=1S/C19H19ClN2S/c20-18-8-6-16(7-9-18)12-19(22-11-10-21-15-22)14-23-13-17-4-2-1-3-5-17/h1-11,15,19H,12-14H2/t19-/m0/s1. The van der Waals surface area contributed by atoms with E-state index in [0.717, 1.165) is 22.9 Å². The van der Waals surface area contributed by atoms with Gasteiger partial charge in [0.1, 0.15) is 0 Å². The zero-order valence-electron chi connectivity index (χ0n) is 12.8. The largest absolute Gasteiger partial charge is 0.333 e. The van der Waals surface area contributed by atoms with E-state index in [4.69, 9.17) is 11.6 Å². The van der Waals surface area contributed by atoms with Crippen LogP contribution in [0.5, 0.6) is 0 Å². The minimum absolute atomic E-state index is 0.396. The molecule has 0 radical (unpaired) electrons. The predicted molar refractivity (Wildman–Crippen MR) is 99.0 cm³/mol. The highest BCUT2D eigenvalue weighted by Crippen LogP contribution is 2.23. The Morgan fingerprint density at radius 2 is 1.78 bits per heavy atom. The van der Waals surface area contributed by atoms with Crippen molar-refractivity contribution in [2.45, 2.75) is 18.2 Å². The third-order valence-electron chi connectivity index (χ3n) is 3.75. The van der Waals surface area contributed by atoms with Crippen LogP contribution in [0.15, 0.2) is 73.3 Å². The monoisotopic (exact) mass is 342 g/mol. The van der Waals surface area contributed by atoms with Gasteiger partial charge in [0.25, 0.3) is 0 Å². The van der Waals surface area contributed by atoms with E-state index in [2.05, 4.69) is 52.0 Å². The molecule has 0 bridgehead atoms. The smallest absolute Gasteiger partial charge is 0.0948 e. The van der Waals surface area contributed by atoms with Crippen LogP contribution in [0.4, 0.5) is 0 Å². The molecule has 0 saturated heterocycles. The molecule has 0 aliphatic rings. The molecule has 1 aromatic heterocycles. The lowest BCUT2D eigenvalue weighted by Crippen LogP contribution is -2.13. The number of rotatable bonds is 7. The molecule has 23 heavy (non-hydrogen) atoms. The first-order valence-corrected chi connectivity index (χ1v) is 9.18. The van der Waals surface area contributed by atoms with Crippen molar-refractivity contribution >= 4 is 23.4 Å². The van der Waals surface area contributed by atoms with E-state index in [1.165, 1.54) is 11.1 Å². The van der Waals surface area contributed by atoms with Gasteiger partial charge in [0.2, 0.25) is 0 Å². The lowest BCUT2D eigenvalue weighted by molar-refractivity contribution is 0.553. The molecule has 2 nitrogen and oxygen atoms in total. The van der Waals surface area contributed by atoms with Crippen LogP contribution in [0.2, 0.25) is 5.02 Å². The van der Waals surface area contributed by atoms with Gasteiger partial charge >= 0.3 is 0 Å². The molecule has 3 aromatic rings. The number of nitrogens with zero attached hydrogens (tertiary/aromatic N) is 2. The molecule has 0 amide bonds. The van der Waals surface area contributed by atoms with Crippen LogP contribution < -0.4 is 0 Å². The highest BCUT2D eigenvalue weighted by molar-refractivity contribution is 7.98. The maximum atomic E-state index is 5.98. The third-order valence-corrected chi connectivity index (χ3v) is 5.16. The quantitative estimate of drug-likeness (QED) is 0.583. The van der Waals surface area contributed by atoms with Crippen molar-refractivity contribution < 1.29 is 0 Å². The Kier molecular flexibility index (Phi) is 5.78. The van der Waals surface area contributed by atoms with E-state index in [1.54, 1.807) is 0 Å². The van der Waals surface area contributed by atoms with Crippen molar-refractivity contribution in [3.63, 3.8) is 0 Å². The highest BCUT2D eigenvalue weighted by Gasteiger charge is 2.12. The van der Waals surface area contributed by atoms with Crippen molar-refractivity contribution in [2.75, 3.05) is 5.75 Å². The second kappa shape index (κ2) is 8.23. The molecule has 0 aliphatic carbocycles. The highest BCUT2D eigenvalue weighted by atomic mass is 35.5. The van der Waals surface area contributed by atoms with Gasteiger partial charge in [-0.2, -0.15) is 11.8 Å². The summed E-state index contributed by atoms with van der Waals surface area (Å²) in [5, 5.41) is 0.784. The number of aromatic nitrogens is 2. The molecule has 3 rings (SSSR count). The third kappa shape index (κ3) is 4.88. The lowest BCUT2D eigenvalue weighted by atomic mass is 10.1. The van der Waals surface area contributed by atoms with Gasteiger partial charge in [-0.1, -0.05) is 54.1 Å². The molecule has 2 aromatic carbocycles. The molecule has 4 heteroatoms. The van der Waals surface area contributed by atoms with Gasteiger partial charge in [-0.15, -0.1) is 0 Å². The van der Waals surface area contributed by atoms with Crippen LogP contribution in [-0.2, 0) is 12.2 Å². The lowest BCUT2D eigenvalue weighted by Gasteiger charge is -2.18. The Labute approximate surface area is 146 Å². The zero-order chi connectivity index (χ0) is 15.9. The van der Waals surface area contributed by atoms with E-state index in [1.807, 2.05) is 42.6 Å². The molecule has 1 atom stereocenters. The molecular formula is C19H19ClN2S. The van der Waals surface area contributed by atoms with Crippen molar-refractivity contribution in [1.82, 2.24) is 9.55 Å². The van der Waals surface area contributed by atoms with Gasteiger partial charge in [0.05, 0.1) is 6.33 Å². The SMILES string of the molecule is Clc1ccc(C[C@@H](CSCc2ccccc2)n2ccnc2)cc1. The summed E-state index contributed by atoms with van der Waals surface area (Å²) in [6, 6.07) is 19.1. The minimum Gasteiger partial charge on any atom is -0.333 e. The second-order valence-electron chi connectivity index (χ2n) is 5.50. The van der Waals surface area contributed by atoms with Gasteiger partial charge in [-0.3, -0.25) is 0 Å². The van der Waals surface area contributed by atoms with Crippen molar-refractivity contribution in [3.05, 3.63) is 89.5 Å². The zero-order valence-corrected chi connectivity index (χ0v) is 14.4. The summed E-state index contributed by atoms with van der Waals surface area (Å²) in [5.41, 5.74) is 2.67. The maximum Gasteiger partial charge on any atom is 0.0948 e. The average molecular weight is 343 g/mol. The Hall–Kier alpha value is -1.71. The summed E-state index contributed by atoms with van der Waals surface area (Å²) in [4.78, 5) is 4.20. The number of halogens is 1. The van der Waals surface area contributed by atoms with Crippen LogP contribution in [0.3, 0.4) is 0 Å². The van der Waals surface area contributed by atoms with E-state index in [0.29, 0.717) is 6.04 Å². The van der Waals surface area contributed by atoms with Crippen molar-refractivity contribution in [2.24, 2.45) is 0 Å².